The zero-order valence-electron chi connectivity index (χ0n) is 15.9. The summed E-state index contributed by atoms with van der Waals surface area (Å²) in [7, 11) is 1.70. The van der Waals surface area contributed by atoms with Crippen molar-refractivity contribution in [3.05, 3.63) is 64.5 Å². The van der Waals surface area contributed by atoms with Gasteiger partial charge in [-0.25, -0.2) is 0 Å². The Morgan fingerprint density at radius 3 is 2.44 bits per heavy atom. The second kappa shape index (κ2) is 7.70. The van der Waals surface area contributed by atoms with E-state index < -0.39 is 0 Å². The number of imide groups is 1. The highest BCUT2D eigenvalue weighted by molar-refractivity contribution is 6.22. The van der Waals surface area contributed by atoms with Crippen LogP contribution < -0.4 is 0 Å². The highest BCUT2D eigenvalue weighted by Gasteiger charge is 2.35. The van der Waals surface area contributed by atoms with Crippen molar-refractivity contribution in [3.63, 3.8) is 0 Å². The monoisotopic (exact) mass is 365 g/mol. The van der Waals surface area contributed by atoms with Gasteiger partial charge in [0.2, 0.25) is 0 Å². The van der Waals surface area contributed by atoms with E-state index in [1.807, 2.05) is 25.3 Å². The van der Waals surface area contributed by atoms with Crippen LogP contribution in [-0.4, -0.2) is 46.1 Å². The van der Waals surface area contributed by atoms with Gasteiger partial charge in [0.1, 0.15) is 0 Å². The maximum atomic E-state index is 12.8. The molecule has 0 bridgehead atoms. The number of aryl methyl sites for hydroxylation is 1. The molecule has 3 amide bonds. The van der Waals surface area contributed by atoms with Crippen molar-refractivity contribution in [2.75, 3.05) is 13.6 Å². The molecule has 1 aliphatic rings. The molecule has 3 rings (SSSR count). The van der Waals surface area contributed by atoms with Crippen molar-refractivity contribution in [2.45, 2.75) is 33.2 Å². The number of benzene rings is 1. The quantitative estimate of drug-likeness (QED) is 0.738. The van der Waals surface area contributed by atoms with Gasteiger partial charge in [-0.05, 0) is 42.7 Å². The van der Waals surface area contributed by atoms with E-state index >= 15 is 0 Å². The molecule has 1 aromatic carbocycles. The molecule has 0 N–H and O–H groups in total. The largest absolute Gasteiger partial charge is 0.336 e. The first-order valence-electron chi connectivity index (χ1n) is 9.15. The molecule has 140 valence electrons. The molecule has 0 saturated heterocycles. The van der Waals surface area contributed by atoms with Gasteiger partial charge < -0.3 is 4.90 Å². The van der Waals surface area contributed by atoms with E-state index in [0.717, 1.165) is 17.7 Å². The molecule has 0 unspecified atom stereocenters. The number of hydrogen-bond donors (Lipinski definition) is 0. The van der Waals surface area contributed by atoms with Gasteiger partial charge in [0.05, 0.1) is 23.4 Å². The van der Waals surface area contributed by atoms with Crippen molar-refractivity contribution >= 4 is 17.7 Å². The average Bonchev–Trinajstić information content (AvgIpc) is 2.92. The standard InChI is InChI=1S/C21H23N3O3/c1-4-10-24-20(26)17-9-7-15(11-18(17)21(24)27)19(25)23(3)13-16-8-6-14(5-2)12-22-16/h6-9,11-12H,4-5,10,13H2,1-3H3. The van der Waals surface area contributed by atoms with Gasteiger partial charge in [0.25, 0.3) is 17.7 Å². The van der Waals surface area contributed by atoms with E-state index in [-0.39, 0.29) is 17.7 Å². The van der Waals surface area contributed by atoms with Crippen molar-refractivity contribution < 1.29 is 14.4 Å². The fraction of sp³-hybridized carbons (Fsp3) is 0.333. The molecule has 0 atom stereocenters. The lowest BCUT2D eigenvalue weighted by Crippen LogP contribution is -2.30. The van der Waals surface area contributed by atoms with Gasteiger partial charge in [-0.2, -0.15) is 0 Å². The Morgan fingerprint density at radius 2 is 1.81 bits per heavy atom. The number of aromatic nitrogens is 1. The van der Waals surface area contributed by atoms with Crippen LogP contribution in [0.2, 0.25) is 0 Å². The summed E-state index contributed by atoms with van der Waals surface area (Å²) in [6.07, 6.45) is 3.43. The van der Waals surface area contributed by atoms with Gasteiger partial charge in [0.15, 0.2) is 0 Å². The lowest BCUT2D eigenvalue weighted by molar-refractivity contribution is 0.0654. The van der Waals surface area contributed by atoms with Crippen molar-refractivity contribution in [1.82, 2.24) is 14.8 Å². The Balaban J connectivity index is 1.78. The number of carbonyl (C=O) groups is 3. The van der Waals surface area contributed by atoms with E-state index in [1.165, 1.54) is 11.0 Å². The Labute approximate surface area is 158 Å². The summed E-state index contributed by atoms with van der Waals surface area (Å²) in [6, 6.07) is 8.61. The Hall–Kier alpha value is -3.02. The molecule has 6 nitrogen and oxygen atoms in total. The molecule has 1 aliphatic heterocycles. The van der Waals surface area contributed by atoms with Crippen molar-refractivity contribution in [3.8, 4) is 0 Å². The van der Waals surface area contributed by atoms with Gasteiger partial charge >= 0.3 is 0 Å². The van der Waals surface area contributed by atoms with E-state index in [1.54, 1.807) is 24.1 Å². The number of pyridine rings is 1. The lowest BCUT2D eigenvalue weighted by Gasteiger charge is -2.17. The number of carbonyl (C=O) groups excluding carboxylic acids is 3. The van der Waals surface area contributed by atoms with E-state index in [9.17, 15) is 14.4 Å². The normalized spacial score (nSPS) is 13.1. The van der Waals surface area contributed by atoms with Crippen LogP contribution in [0.15, 0.2) is 36.5 Å². The maximum Gasteiger partial charge on any atom is 0.261 e. The summed E-state index contributed by atoms with van der Waals surface area (Å²) < 4.78 is 0. The zero-order chi connectivity index (χ0) is 19.6. The smallest absolute Gasteiger partial charge is 0.261 e. The highest BCUT2D eigenvalue weighted by atomic mass is 16.2. The number of fused-ring (bicyclic) bond motifs is 1. The van der Waals surface area contributed by atoms with Crippen LogP contribution in [0.3, 0.4) is 0 Å². The van der Waals surface area contributed by atoms with Crippen LogP contribution in [0.5, 0.6) is 0 Å². The Kier molecular flexibility index (Phi) is 5.35. The summed E-state index contributed by atoms with van der Waals surface area (Å²) >= 11 is 0. The van der Waals surface area contributed by atoms with Crippen molar-refractivity contribution in [2.24, 2.45) is 0 Å². The molecular formula is C21H23N3O3. The summed E-state index contributed by atoms with van der Waals surface area (Å²) in [5.74, 6) is -0.830. The summed E-state index contributed by atoms with van der Waals surface area (Å²) in [5.41, 5.74) is 3.00. The Morgan fingerprint density at radius 1 is 1.07 bits per heavy atom. The lowest BCUT2D eigenvalue weighted by atomic mass is 10.0. The SMILES string of the molecule is CCCN1C(=O)c2ccc(C(=O)N(C)Cc3ccc(CC)cn3)cc2C1=O. The predicted molar refractivity (Wildman–Crippen MR) is 102 cm³/mol. The van der Waals surface area contributed by atoms with Gasteiger partial charge in [-0.1, -0.05) is 19.9 Å². The van der Waals surface area contributed by atoms with Crippen LogP contribution in [0, 0.1) is 0 Å². The Bertz CT molecular complexity index is 890. The topological polar surface area (TPSA) is 70.6 Å². The van der Waals surface area contributed by atoms with E-state index in [0.29, 0.717) is 36.2 Å². The van der Waals surface area contributed by atoms with Gasteiger partial charge in [-0.3, -0.25) is 24.3 Å². The van der Waals surface area contributed by atoms with Crippen LogP contribution in [-0.2, 0) is 13.0 Å². The molecule has 2 heterocycles. The predicted octanol–water partition coefficient (Wildman–Crippen LogP) is 2.92. The van der Waals surface area contributed by atoms with Crippen molar-refractivity contribution in [1.29, 1.82) is 0 Å². The molecule has 2 aromatic rings. The summed E-state index contributed by atoms with van der Waals surface area (Å²) in [4.78, 5) is 44.7. The minimum absolute atomic E-state index is 0.214. The third-order valence-electron chi connectivity index (χ3n) is 4.70. The number of amides is 3. The fourth-order valence-electron chi connectivity index (χ4n) is 3.14. The van der Waals surface area contributed by atoms with Gasteiger partial charge in [0, 0.05) is 25.4 Å². The number of nitrogens with zero attached hydrogens (tertiary/aromatic N) is 3. The third-order valence-corrected chi connectivity index (χ3v) is 4.70. The van der Waals surface area contributed by atoms with E-state index in [4.69, 9.17) is 0 Å². The summed E-state index contributed by atoms with van der Waals surface area (Å²) in [6.45, 7) is 4.73. The van der Waals surface area contributed by atoms with Crippen LogP contribution in [0.4, 0.5) is 0 Å². The number of hydrogen-bond acceptors (Lipinski definition) is 4. The fourth-order valence-corrected chi connectivity index (χ4v) is 3.14. The molecule has 0 aliphatic carbocycles. The molecular weight excluding hydrogens is 342 g/mol. The highest BCUT2D eigenvalue weighted by Crippen LogP contribution is 2.24. The third kappa shape index (κ3) is 3.60. The van der Waals surface area contributed by atoms with E-state index in [2.05, 4.69) is 11.9 Å². The first-order chi connectivity index (χ1) is 13.0. The maximum absolute atomic E-state index is 12.8. The molecule has 0 radical (unpaired) electrons. The molecule has 0 fully saturated rings. The molecule has 0 saturated carbocycles. The second-order valence-electron chi connectivity index (χ2n) is 6.69. The van der Waals surface area contributed by atoms with Crippen LogP contribution >= 0.6 is 0 Å². The van der Waals surface area contributed by atoms with Gasteiger partial charge in [-0.15, -0.1) is 0 Å². The first kappa shape index (κ1) is 18.8. The molecule has 1 aromatic heterocycles. The minimum Gasteiger partial charge on any atom is -0.336 e. The molecule has 0 spiro atoms. The molecule has 27 heavy (non-hydrogen) atoms. The van der Waals surface area contributed by atoms with Crippen LogP contribution in [0.25, 0.3) is 0 Å². The van der Waals surface area contributed by atoms with Crippen LogP contribution in [0.1, 0.15) is 62.6 Å². The number of rotatable bonds is 6. The summed E-state index contributed by atoms with van der Waals surface area (Å²) in [5, 5.41) is 0. The second-order valence-corrected chi connectivity index (χ2v) is 6.69. The molecule has 6 heteroatoms. The zero-order valence-corrected chi connectivity index (χ0v) is 15.9. The average molecular weight is 365 g/mol. The minimum atomic E-state index is -0.328. The first-order valence-corrected chi connectivity index (χ1v) is 9.15.